The van der Waals surface area contributed by atoms with Gasteiger partial charge in [0.05, 0.1) is 0 Å². The maximum Gasteiger partial charge on any atom is 0.303 e. The van der Waals surface area contributed by atoms with Crippen molar-refractivity contribution in [2.45, 2.75) is 91.4 Å². The van der Waals surface area contributed by atoms with Gasteiger partial charge in [0.2, 0.25) is 5.91 Å². The number of aliphatic carboxylic acids is 1. The number of hydrogen-bond donors (Lipinski definition) is 2. The molecule has 0 aliphatic heterocycles. The maximum atomic E-state index is 11.8. The van der Waals surface area contributed by atoms with Gasteiger partial charge in [0.15, 0.2) is 0 Å². The minimum Gasteiger partial charge on any atom is -0.481 e. The quantitative estimate of drug-likeness (QED) is 0.426. The van der Waals surface area contributed by atoms with Crippen molar-refractivity contribution in [3.05, 3.63) is 0 Å². The van der Waals surface area contributed by atoms with E-state index < -0.39 is 5.97 Å². The van der Waals surface area contributed by atoms with Gasteiger partial charge in [-0.2, -0.15) is 0 Å². The molecule has 0 spiro atoms. The lowest BCUT2D eigenvalue weighted by atomic mass is 9.94. The summed E-state index contributed by atoms with van der Waals surface area (Å²) in [5.41, 5.74) is 0. The van der Waals surface area contributed by atoms with Gasteiger partial charge in [-0.15, -0.1) is 0 Å². The molecule has 0 rings (SSSR count). The Labute approximate surface area is 142 Å². The van der Waals surface area contributed by atoms with Crippen molar-refractivity contribution in [1.82, 2.24) is 5.32 Å². The Kier molecular flexibility index (Phi) is 13.9. The standard InChI is InChI=1S/C19H37NO3/c1-4-5-6-7-8-9-10-11-12-18(21)20-15-17(13-16(2)3)14-19(22)23/h16-17H,4-15H2,1-3H3,(H,20,21)(H,22,23)/t17-/m0/s1. The fourth-order valence-corrected chi connectivity index (χ4v) is 2.92. The lowest BCUT2D eigenvalue weighted by Crippen LogP contribution is -2.30. The van der Waals surface area contributed by atoms with E-state index in [0.717, 1.165) is 19.3 Å². The number of carbonyl (C=O) groups is 2. The molecule has 0 fully saturated rings. The van der Waals surface area contributed by atoms with Crippen molar-refractivity contribution in [1.29, 1.82) is 0 Å². The second-order valence-electron chi connectivity index (χ2n) is 7.12. The molecule has 0 aromatic carbocycles. The molecule has 4 nitrogen and oxygen atoms in total. The van der Waals surface area contributed by atoms with Crippen LogP contribution in [0.3, 0.4) is 0 Å². The number of rotatable bonds is 15. The van der Waals surface area contributed by atoms with Crippen molar-refractivity contribution >= 4 is 11.9 Å². The van der Waals surface area contributed by atoms with E-state index in [0.29, 0.717) is 18.9 Å². The van der Waals surface area contributed by atoms with Gasteiger partial charge in [0, 0.05) is 19.4 Å². The van der Waals surface area contributed by atoms with Gasteiger partial charge < -0.3 is 10.4 Å². The Morgan fingerprint density at radius 3 is 2.04 bits per heavy atom. The van der Waals surface area contributed by atoms with Gasteiger partial charge in [-0.1, -0.05) is 65.7 Å². The van der Waals surface area contributed by atoms with Crippen molar-refractivity contribution in [2.75, 3.05) is 6.54 Å². The second kappa shape index (κ2) is 14.5. The van der Waals surface area contributed by atoms with Gasteiger partial charge in [-0.25, -0.2) is 0 Å². The third-order valence-electron chi connectivity index (χ3n) is 4.11. The van der Waals surface area contributed by atoms with Crippen molar-refractivity contribution < 1.29 is 14.7 Å². The van der Waals surface area contributed by atoms with E-state index in [1.165, 1.54) is 38.5 Å². The zero-order chi connectivity index (χ0) is 17.5. The molecule has 23 heavy (non-hydrogen) atoms. The topological polar surface area (TPSA) is 66.4 Å². The highest BCUT2D eigenvalue weighted by atomic mass is 16.4. The molecule has 0 saturated carbocycles. The minimum atomic E-state index is -0.784. The van der Waals surface area contributed by atoms with Gasteiger partial charge in [0.25, 0.3) is 0 Å². The number of carboxylic acids is 1. The number of unbranched alkanes of at least 4 members (excludes halogenated alkanes) is 7. The first-order valence-corrected chi connectivity index (χ1v) is 9.44. The fraction of sp³-hybridized carbons (Fsp3) is 0.895. The monoisotopic (exact) mass is 327 g/mol. The first kappa shape index (κ1) is 21.9. The zero-order valence-electron chi connectivity index (χ0n) is 15.4. The van der Waals surface area contributed by atoms with E-state index in [4.69, 9.17) is 5.11 Å². The largest absolute Gasteiger partial charge is 0.481 e. The van der Waals surface area contributed by atoms with Crippen molar-refractivity contribution in [3.63, 3.8) is 0 Å². The third kappa shape index (κ3) is 15.6. The van der Waals surface area contributed by atoms with Crippen LogP contribution in [0.25, 0.3) is 0 Å². The predicted octanol–water partition coefficient (Wildman–Crippen LogP) is 4.77. The molecule has 0 heterocycles. The summed E-state index contributed by atoms with van der Waals surface area (Å²) in [6.07, 6.45) is 11.3. The average Bonchev–Trinajstić information content (AvgIpc) is 2.46. The molecule has 0 bridgehead atoms. The summed E-state index contributed by atoms with van der Waals surface area (Å²) >= 11 is 0. The van der Waals surface area contributed by atoms with Gasteiger partial charge in [0.1, 0.15) is 0 Å². The van der Waals surface area contributed by atoms with Crippen LogP contribution in [-0.2, 0) is 9.59 Å². The molecule has 2 N–H and O–H groups in total. The summed E-state index contributed by atoms with van der Waals surface area (Å²) < 4.78 is 0. The van der Waals surface area contributed by atoms with Gasteiger partial charge >= 0.3 is 5.97 Å². The van der Waals surface area contributed by atoms with E-state index in [9.17, 15) is 9.59 Å². The summed E-state index contributed by atoms with van der Waals surface area (Å²) in [4.78, 5) is 22.7. The molecule has 1 amide bonds. The van der Waals surface area contributed by atoms with E-state index in [1.807, 2.05) is 0 Å². The SMILES string of the molecule is CCCCCCCCCCC(=O)NC[C@H](CC(=O)O)CC(C)C. The van der Waals surface area contributed by atoms with Gasteiger partial charge in [-0.05, 0) is 24.7 Å². The summed E-state index contributed by atoms with van der Waals surface area (Å²) in [6, 6.07) is 0. The predicted molar refractivity (Wildman–Crippen MR) is 95.4 cm³/mol. The lowest BCUT2D eigenvalue weighted by molar-refractivity contribution is -0.138. The van der Waals surface area contributed by atoms with Crippen LogP contribution in [0.4, 0.5) is 0 Å². The van der Waals surface area contributed by atoms with Crippen LogP contribution >= 0.6 is 0 Å². The van der Waals surface area contributed by atoms with Crippen LogP contribution in [-0.4, -0.2) is 23.5 Å². The Morgan fingerprint density at radius 1 is 0.957 bits per heavy atom. The molecule has 0 aromatic heterocycles. The van der Waals surface area contributed by atoms with Crippen LogP contribution in [0.15, 0.2) is 0 Å². The van der Waals surface area contributed by atoms with Crippen LogP contribution < -0.4 is 5.32 Å². The highest BCUT2D eigenvalue weighted by molar-refractivity contribution is 5.75. The maximum absolute atomic E-state index is 11.8. The number of hydrogen-bond acceptors (Lipinski definition) is 2. The minimum absolute atomic E-state index is 0.0371. The summed E-state index contributed by atoms with van der Waals surface area (Å²) in [7, 11) is 0. The Bertz CT molecular complexity index is 316. The number of carboxylic acid groups (broad SMARTS) is 1. The fourth-order valence-electron chi connectivity index (χ4n) is 2.92. The Hall–Kier alpha value is -1.06. The highest BCUT2D eigenvalue weighted by Gasteiger charge is 2.15. The van der Waals surface area contributed by atoms with Crippen molar-refractivity contribution in [2.24, 2.45) is 11.8 Å². The van der Waals surface area contributed by atoms with Crippen LogP contribution in [0.5, 0.6) is 0 Å². The first-order chi connectivity index (χ1) is 11.0. The number of nitrogens with one attached hydrogen (secondary N) is 1. The van der Waals surface area contributed by atoms with E-state index in [-0.39, 0.29) is 18.2 Å². The smallest absolute Gasteiger partial charge is 0.303 e. The van der Waals surface area contributed by atoms with Crippen LogP contribution in [0, 0.1) is 11.8 Å². The second-order valence-corrected chi connectivity index (χ2v) is 7.12. The van der Waals surface area contributed by atoms with E-state index in [2.05, 4.69) is 26.1 Å². The van der Waals surface area contributed by atoms with E-state index >= 15 is 0 Å². The average molecular weight is 328 g/mol. The number of carbonyl (C=O) groups excluding carboxylic acids is 1. The highest BCUT2D eigenvalue weighted by Crippen LogP contribution is 2.15. The van der Waals surface area contributed by atoms with Gasteiger partial charge in [-0.3, -0.25) is 9.59 Å². The summed E-state index contributed by atoms with van der Waals surface area (Å²) in [5.74, 6) is -0.234. The summed E-state index contributed by atoms with van der Waals surface area (Å²) in [5, 5.41) is 11.8. The molecule has 1 atom stereocenters. The van der Waals surface area contributed by atoms with Crippen LogP contribution in [0.1, 0.15) is 91.4 Å². The molecular formula is C19H37NO3. The molecular weight excluding hydrogens is 290 g/mol. The Morgan fingerprint density at radius 2 is 1.52 bits per heavy atom. The van der Waals surface area contributed by atoms with Crippen molar-refractivity contribution in [3.8, 4) is 0 Å². The molecule has 0 unspecified atom stereocenters. The molecule has 0 aliphatic carbocycles. The normalized spacial score (nSPS) is 12.3. The first-order valence-electron chi connectivity index (χ1n) is 9.44. The molecule has 0 radical (unpaired) electrons. The zero-order valence-corrected chi connectivity index (χ0v) is 15.4. The third-order valence-corrected chi connectivity index (χ3v) is 4.11. The molecule has 0 aliphatic rings. The Balaban J connectivity index is 3.68. The van der Waals surface area contributed by atoms with Crippen LogP contribution in [0.2, 0.25) is 0 Å². The molecule has 0 saturated heterocycles. The molecule has 4 heteroatoms. The summed E-state index contributed by atoms with van der Waals surface area (Å²) in [6.45, 7) is 6.87. The molecule has 136 valence electrons. The molecule has 0 aromatic rings. The number of amides is 1. The van der Waals surface area contributed by atoms with E-state index in [1.54, 1.807) is 0 Å². The lowest BCUT2D eigenvalue weighted by Gasteiger charge is -2.17.